The average Bonchev–Trinajstić information content (AvgIpc) is 2.87. The summed E-state index contributed by atoms with van der Waals surface area (Å²) in [6, 6.07) is 9.28. The molecule has 0 radical (unpaired) electrons. The van der Waals surface area contributed by atoms with Crippen LogP contribution in [0, 0.1) is 5.82 Å². The van der Waals surface area contributed by atoms with Crippen molar-refractivity contribution in [1.29, 1.82) is 0 Å². The van der Waals surface area contributed by atoms with Gasteiger partial charge in [-0.25, -0.2) is 4.39 Å². The van der Waals surface area contributed by atoms with Gasteiger partial charge in [-0.15, -0.1) is 0 Å². The van der Waals surface area contributed by atoms with Crippen LogP contribution in [0.15, 0.2) is 45.8 Å². The summed E-state index contributed by atoms with van der Waals surface area (Å²) < 4.78 is 19.4. The Morgan fingerprint density at radius 2 is 2.04 bits per heavy atom. The first-order valence-electron chi connectivity index (χ1n) is 8.00. The third kappa shape index (κ3) is 4.54. The fourth-order valence-corrected chi connectivity index (χ4v) is 4.06. The molecule has 0 unspecified atom stereocenters. The number of nitrogens with zero attached hydrogens (tertiary/aromatic N) is 1. The number of hydrogen-bond acceptors (Lipinski definition) is 4. The van der Waals surface area contributed by atoms with E-state index in [4.69, 9.17) is 16.3 Å². The van der Waals surface area contributed by atoms with Crippen molar-refractivity contribution in [3.05, 3.63) is 67.7 Å². The maximum Gasteiger partial charge on any atom is 0.293 e. The molecule has 4 nitrogen and oxygen atoms in total. The van der Waals surface area contributed by atoms with Crippen molar-refractivity contribution in [2.24, 2.45) is 0 Å². The molecule has 2 aromatic rings. The van der Waals surface area contributed by atoms with Crippen LogP contribution in [0.4, 0.5) is 9.18 Å². The zero-order valence-corrected chi connectivity index (χ0v) is 17.3. The summed E-state index contributed by atoms with van der Waals surface area (Å²) in [4.78, 5) is 26.3. The van der Waals surface area contributed by atoms with Crippen molar-refractivity contribution in [2.45, 2.75) is 13.5 Å². The summed E-state index contributed by atoms with van der Waals surface area (Å²) in [7, 11) is 0. The van der Waals surface area contributed by atoms with Gasteiger partial charge in [0.1, 0.15) is 11.6 Å². The highest BCUT2D eigenvalue weighted by atomic mass is 79.9. The molecular weight excluding hydrogens is 457 g/mol. The third-order valence-electron chi connectivity index (χ3n) is 3.77. The number of carbonyl (C=O) groups is 2. The van der Waals surface area contributed by atoms with Crippen LogP contribution < -0.4 is 4.74 Å². The molecule has 27 heavy (non-hydrogen) atoms. The maximum absolute atomic E-state index is 13.2. The van der Waals surface area contributed by atoms with Gasteiger partial charge in [0, 0.05) is 5.02 Å². The maximum atomic E-state index is 13.2. The SMILES string of the molecule is CCOc1ccc(/C=C2\SC(=O)N(Cc3ccc(F)cc3Cl)C2=O)cc1Br. The molecule has 140 valence electrons. The summed E-state index contributed by atoms with van der Waals surface area (Å²) >= 11 is 10.3. The summed E-state index contributed by atoms with van der Waals surface area (Å²) in [6.45, 7) is 2.43. The second-order valence-electron chi connectivity index (χ2n) is 5.63. The molecule has 1 aliphatic heterocycles. The minimum Gasteiger partial charge on any atom is -0.493 e. The predicted molar refractivity (Wildman–Crippen MR) is 108 cm³/mol. The van der Waals surface area contributed by atoms with E-state index in [1.165, 1.54) is 12.1 Å². The van der Waals surface area contributed by atoms with Crippen molar-refractivity contribution < 1.29 is 18.7 Å². The Hall–Kier alpha value is -1.83. The monoisotopic (exact) mass is 469 g/mol. The zero-order valence-electron chi connectivity index (χ0n) is 14.2. The lowest BCUT2D eigenvalue weighted by atomic mass is 10.2. The van der Waals surface area contributed by atoms with Crippen molar-refractivity contribution in [1.82, 2.24) is 4.90 Å². The Morgan fingerprint density at radius 1 is 1.26 bits per heavy atom. The highest BCUT2D eigenvalue weighted by Gasteiger charge is 2.35. The fourth-order valence-electron chi connectivity index (χ4n) is 2.49. The van der Waals surface area contributed by atoms with E-state index in [2.05, 4.69) is 15.9 Å². The van der Waals surface area contributed by atoms with Gasteiger partial charge in [-0.05, 0) is 76.1 Å². The van der Waals surface area contributed by atoms with Gasteiger partial charge in [-0.2, -0.15) is 0 Å². The average molecular weight is 471 g/mol. The standard InChI is InChI=1S/C19H14BrClFNO3S/c1-2-26-16-6-3-11(7-14(16)20)8-17-18(24)23(19(25)27-17)10-12-4-5-13(22)9-15(12)21/h3-9H,2,10H2,1H3/b17-8-. The van der Waals surface area contributed by atoms with Crippen LogP contribution >= 0.6 is 39.3 Å². The van der Waals surface area contributed by atoms with E-state index in [-0.39, 0.29) is 11.6 Å². The summed E-state index contributed by atoms with van der Waals surface area (Å²) in [5.74, 6) is -0.178. The van der Waals surface area contributed by atoms with Gasteiger partial charge >= 0.3 is 0 Å². The first-order chi connectivity index (χ1) is 12.9. The molecule has 8 heteroatoms. The number of rotatable bonds is 5. The van der Waals surface area contributed by atoms with Crippen molar-refractivity contribution in [3.63, 3.8) is 0 Å². The minimum atomic E-state index is -0.473. The van der Waals surface area contributed by atoms with Crippen LogP contribution in [0.5, 0.6) is 5.75 Å². The summed E-state index contributed by atoms with van der Waals surface area (Å²) in [5.41, 5.74) is 1.26. The Bertz CT molecular complexity index is 951. The molecule has 1 saturated heterocycles. The molecule has 1 heterocycles. The van der Waals surface area contributed by atoms with Gasteiger partial charge in [0.25, 0.3) is 11.1 Å². The Kier molecular flexibility index (Phi) is 6.24. The quantitative estimate of drug-likeness (QED) is 0.512. The van der Waals surface area contributed by atoms with Crippen LogP contribution in [-0.4, -0.2) is 22.7 Å². The minimum absolute atomic E-state index is 0.00586. The van der Waals surface area contributed by atoms with Crippen LogP contribution in [0.3, 0.4) is 0 Å². The van der Waals surface area contributed by atoms with Crippen molar-refractivity contribution in [2.75, 3.05) is 6.61 Å². The number of thioether (sulfide) groups is 1. The molecule has 0 bridgehead atoms. The number of hydrogen-bond donors (Lipinski definition) is 0. The van der Waals surface area contributed by atoms with Gasteiger partial charge in [0.05, 0.1) is 22.5 Å². The molecule has 0 atom stereocenters. The van der Waals surface area contributed by atoms with E-state index in [1.807, 2.05) is 13.0 Å². The molecule has 1 fully saturated rings. The first kappa shape index (κ1) is 19.9. The Morgan fingerprint density at radius 3 is 2.70 bits per heavy atom. The molecule has 1 aliphatic rings. The third-order valence-corrected chi connectivity index (χ3v) is 5.65. The van der Waals surface area contributed by atoms with E-state index in [0.29, 0.717) is 22.8 Å². The lowest BCUT2D eigenvalue weighted by Crippen LogP contribution is -2.27. The normalized spacial score (nSPS) is 15.7. The lowest BCUT2D eigenvalue weighted by molar-refractivity contribution is -0.123. The summed E-state index contributed by atoms with van der Waals surface area (Å²) in [6.07, 6.45) is 1.65. The van der Waals surface area contributed by atoms with Gasteiger partial charge in [-0.3, -0.25) is 14.5 Å². The van der Waals surface area contributed by atoms with Gasteiger partial charge in [0.15, 0.2) is 0 Å². The number of halogens is 3. The number of amides is 2. The van der Waals surface area contributed by atoms with Crippen LogP contribution in [0.25, 0.3) is 6.08 Å². The number of ether oxygens (including phenoxy) is 1. The second-order valence-corrected chi connectivity index (χ2v) is 7.88. The van der Waals surface area contributed by atoms with Crippen LogP contribution in [-0.2, 0) is 11.3 Å². The Labute approximate surface area is 173 Å². The highest BCUT2D eigenvalue weighted by Crippen LogP contribution is 2.35. The largest absolute Gasteiger partial charge is 0.493 e. The smallest absolute Gasteiger partial charge is 0.293 e. The molecule has 0 spiro atoms. The topological polar surface area (TPSA) is 46.6 Å². The second kappa shape index (κ2) is 8.46. The molecule has 0 N–H and O–H groups in total. The number of benzene rings is 2. The molecular formula is C19H14BrClFNO3S. The number of imide groups is 1. The number of carbonyl (C=O) groups excluding carboxylic acids is 2. The van der Waals surface area contributed by atoms with Crippen molar-refractivity contribution >= 4 is 56.5 Å². The van der Waals surface area contributed by atoms with Crippen LogP contribution in [0.1, 0.15) is 18.1 Å². The van der Waals surface area contributed by atoms with Gasteiger partial charge < -0.3 is 4.74 Å². The Balaban J connectivity index is 1.81. The highest BCUT2D eigenvalue weighted by molar-refractivity contribution is 9.10. The lowest BCUT2D eigenvalue weighted by Gasteiger charge is -2.13. The fraction of sp³-hybridized carbons (Fsp3) is 0.158. The molecule has 3 rings (SSSR count). The molecule has 2 amide bonds. The predicted octanol–water partition coefficient (Wildman–Crippen LogP) is 5.88. The van der Waals surface area contributed by atoms with E-state index in [1.54, 1.807) is 18.2 Å². The van der Waals surface area contributed by atoms with E-state index >= 15 is 0 Å². The zero-order chi connectivity index (χ0) is 19.6. The molecule has 2 aromatic carbocycles. The molecule has 0 aromatic heterocycles. The van der Waals surface area contributed by atoms with E-state index in [9.17, 15) is 14.0 Å². The summed E-state index contributed by atoms with van der Waals surface area (Å²) in [5, 5.41) is -0.217. The van der Waals surface area contributed by atoms with E-state index < -0.39 is 17.0 Å². The first-order valence-corrected chi connectivity index (χ1v) is 9.99. The van der Waals surface area contributed by atoms with Gasteiger partial charge in [0.2, 0.25) is 0 Å². The molecule has 0 aliphatic carbocycles. The molecule has 0 saturated carbocycles. The van der Waals surface area contributed by atoms with Gasteiger partial charge in [-0.1, -0.05) is 23.7 Å². The van der Waals surface area contributed by atoms with E-state index in [0.717, 1.165) is 32.8 Å². The van der Waals surface area contributed by atoms with Crippen LogP contribution in [0.2, 0.25) is 5.02 Å². The van der Waals surface area contributed by atoms with Crippen molar-refractivity contribution in [3.8, 4) is 5.75 Å².